The summed E-state index contributed by atoms with van der Waals surface area (Å²) in [6.07, 6.45) is 2.36. The Balaban J connectivity index is 1.75. The highest BCUT2D eigenvalue weighted by atomic mass is 19.1. The molecule has 0 aliphatic carbocycles. The van der Waals surface area contributed by atoms with Gasteiger partial charge in [-0.1, -0.05) is 25.1 Å². The van der Waals surface area contributed by atoms with Gasteiger partial charge in [-0.15, -0.1) is 0 Å². The minimum atomic E-state index is -0.356. The minimum Gasteiger partial charge on any atom is -0.394 e. The van der Waals surface area contributed by atoms with Crippen molar-refractivity contribution in [1.29, 1.82) is 0 Å². The van der Waals surface area contributed by atoms with Crippen LogP contribution in [0.15, 0.2) is 48.7 Å². The number of anilines is 1. The molecule has 27 heavy (non-hydrogen) atoms. The Morgan fingerprint density at radius 2 is 1.93 bits per heavy atom. The van der Waals surface area contributed by atoms with E-state index in [1.165, 1.54) is 6.07 Å². The average molecular weight is 368 g/mol. The van der Waals surface area contributed by atoms with E-state index in [2.05, 4.69) is 5.10 Å². The molecule has 2 amide bonds. The summed E-state index contributed by atoms with van der Waals surface area (Å²) in [7, 11) is 0. The molecule has 4 rings (SSSR count). The van der Waals surface area contributed by atoms with Crippen LogP contribution < -0.4 is 4.90 Å². The number of hydrogen-bond acceptors (Lipinski definition) is 3. The lowest BCUT2D eigenvalue weighted by Gasteiger charge is -2.25. The predicted molar refractivity (Wildman–Crippen MR) is 102 cm³/mol. The van der Waals surface area contributed by atoms with Gasteiger partial charge in [0, 0.05) is 18.5 Å². The van der Waals surface area contributed by atoms with E-state index in [1.54, 1.807) is 38.9 Å². The SMILES string of the molecule is CC[C@@H](CO)N1CCN(c2cccc3c2cnn3-c2ccccc2F)C1=O. The summed E-state index contributed by atoms with van der Waals surface area (Å²) in [5.74, 6) is -0.356. The zero-order chi connectivity index (χ0) is 19.0. The predicted octanol–water partition coefficient (Wildman–Crippen LogP) is 3.18. The number of nitrogens with zero attached hydrogens (tertiary/aromatic N) is 4. The van der Waals surface area contributed by atoms with E-state index < -0.39 is 0 Å². The lowest BCUT2D eigenvalue weighted by atomic mass is 10.2. The Bertz CT molecular complexity index is 983. The van der Waals surface area contributed by atoms with Gasteiger partial charge in [-0.2, -0.15) is 5.10 Å². The molecule has 1 fully saturated rings. The maximum atomic E-state index is 14.2. The number of aliphatic hydroxyl groups is 1. The first-order chi connectivity index (χ1) is 13.2. The van der Waals surface area contributed by atoms with Gasteiger partial charge in [0.2, 0.25) is 0 Å². The molecule has 1 aromatic heterocycles. The van der Waals surface area contributed by atoms with Gasteiger partial charge in [-0.25, -0.2) is 13.9 Å². The Morgan fingerprint density at radius 3 is 2.67 bits per heavy atom. The van der Waals surface area contributed by atoms with Gasteiger partial charge >= 0.3 is 6.03 Å². The van der Waals surface area contributed by atoms with E-state index in [4.69, 9.17) is 0 Å². The van der Waals surface area contributed by atoms with Crippen LogP contribution >= 0.6 is 0 Å². The number of aliphatic hydroxyl groups excluding tert-OH is 1. The van der Waals surface area contributed by atoms with Crippen LogP contribution in [0.1, 0.15) is 13.3 Å². The highest BCUT2D eigenvalue weighted by Crippen LogP contribution is 2.31. The van der Waals surface area contributed by atoms with E-state index in [-0.39, 0.29) is 24.5 Å². The lowest BCUT2D eigenvalue weighted by Crippen LogP contribution is -2.41. The van der Waals surface area contributed by atoms with Crippen molar-refractivity contribution in [3.8, 4) is 5.69 Å². The molecule has 0 spiro atoms. The topological polar surface area (TPSA) is 61.6 Å². The number of fused-ring (bicyclic) bond motifs is 1. The molecule has 1 aliphatic rings. The second kappa shape index (κ2) is 7.00. The van der Waals surface area contributed by atoms with Crippen molar-refractivity contribution < 1.29 is 14.3 Å². The zero-order valence-corrected chi connectivity index (χ0v) is 15.0. The third kappa shape index (κ3) is 2.84. The maximum Gasteiger partial charge on any atom is 0.324 e. The summed E-state index contributed by atoms with van der Waals surface area (Å²) in [5.41, 5.74) is 1.85. The van der Waals surface area contributed by atoms with Gasteiger partial charge < -0.3 is 10.0 Å². The van der Waals surface area contributed by atoms with Crippen molar-refractivity contribution >= 4 is 22.6 Å². The summed E-state index contributed by atoms with van der Waals surface area (Å²) in [6, 6.07) is 11.7. The number of benzene rings is 2. The molecule has 0 saturated carbocycles. The van der Waals surface area contributed by atoms with E-state index in [0.29, 0.717) is 25.2 Å². The van der Waals surface area contributed by atoms with Gasteiger partial charge in [0.05, 0.1) is 30.0 Å². The van der Waals surface area contributed by atoms with Crippen LogP contribution in [0.4, 0.5) is 14.9 Å². The molecule has 2 aromatic carbocycles. The first kappa shape index (κ1) is 17.5. The number of para-hydroxylation sites is 1. The summed E-state index contributed by atoms with van der Waals surface area (Å²) in [6.45, 7) is 3.01. The van der Waals surface area contributed by atoms with Crippen molar-refractivity contribution in [2.45, 2.75) is 19.4 Å². The lowest BCUT2D eigenvalue weighted by molar-refractivity contribution is 0.150. The first-order valence-corrected chi connectivity index (χ1v) is 9.06. The van der Waals surface area contributed by atoms with Crippen molar-refractivity contribution in [2.75, 3.05) is 24.6 Å². The smallest absolute Gasteiger partial charge is 0.324 e. The molecule has 2 heterocycles. The molecule has 1 atom stereocenters. The molecule has 7 heteroatoms. The third-order valence-corrected chi connectivity index (χ3v) is 5.13. The largest absolute Gasteiger partial charge is 0.394 e. The van der Waals surface area contributed by atoms with Gasteiger partial charge in [-0.3, -0.25) is 4.90 Å². The molecule has 0 bridgehead atoms. The highest BCUT2D eigenvalue weighted by Gasteiger charge is 2.34. The zero-order valence-electron chi connectivity index (χ0n) is 15.0. The first-order valence-electron chi connectivity index (χ1n) is 9.06. The molecule has 1 saturated heterocycles. The fourth-order valence-corrected chi connectivity index (χ4v) is 3.65. The summed E-state index contributed by atoms with van der Waals surface area (Å²) >= 11 is 0. The van der Waals surface area contributed by atoms with Crippen LogP contribution in [0, 0.1) is 5.82 Å². The molecular formula is C20H21FN4O2. The van der Waals surface area contributed by atoms with E-state index in [1.807, 2.05) is 25.1 Å². The van der Waals surface area contributed by atoms with Crippen LogP contribution in [-0.2, 0) is 0 Å². The van der Waals surface area contributed by atoms with E-state index >= 15 is 0 Å². The number of urea groups is 1. The molecule has 0 radical (unpaired) electrons. The number of carbonyl (C=O) groups is 1. The number of rotatable bonds is 5. The Kier molecular flexibility index (Phi) is 4.53. The number of carbonyl (C=O) groups excluding carboxylic acids is 1. The van der Waals surface area contributed by atoms with Crippen molar-refractivity contribution in [1.82, 2.24) is 14.7 Å². The monoisotopic (exact) mass is 368 g/mol. The van der Waals surface area contributed by atoms with Gasteiger partial charge in [0.1, 0.15) is 11.5 Å². The molecular weight excluding hydrogens is 347 g/mol. The highest BCUT2D eigenvalue weighted by molar-refractivity contribution is 6.03. The van der Waals surface area contributed by atoms with Crippen LogP contribution in [0.5, 0.6) is 0 Å². The number of halogens is 1. The van der Waals surface area contributed by atoms with Gasteiger partial charge in [-0.05, 0) is 30.7 Å². The van der Waals surface area contributed by atoms with Crippen LogP contribution in [0.3, 0.4) is 0 Å². The number of amides is 2. The molecule has 6 nitrogen and oxygen atoms in total. The fraction of sp³-hybridized carbons (Fsp3) is 0.300. The third-order valence-electron chi connectivity index (χ3n) is 5.13. The molecule has 3 aromatic rings. The van der Waals surface area contributed by atoms with Crippen LogP contribution in [0.25, 0.3) is 16.6 Å². The normalized spacial score (nSPS) is 15.7. The number of aromatic nitrogens is 2. The Morgan fingerprint density at radius 1 is 1.15 bits per heavy atom. The second-order valence-corrected chi connectivity index (χ2v) is 6.59. The second-order valence-electron chi connectivity index (χ2n) is 6.59. The Labute approximate surface area is 156 Å². The number of hydrogen-bond donors (Lipinski definition) is 1. The quantitative estimate of drug-likeness (QED) is 0.752. The Hall–Kier alpha value is -2.93. The molecule has 140 valence electrons. The van der Waals surface area contributed by atoms with Gasteiger partial charge in [0.25, 0.3) is 0 Å². The summed E-state index contributed by atoms with van der Waals surface area (Å²) < 4.78 is 15.8. The van der Waals surface area contributed by atoms with E-state index in [0.717, 1.165) is 16.6 Å². The van der Waals surface area contributed by atoms with Crippen molar-refractivity contribution in [3.05, 3.63) is 54.5 Å². The summed E-state index contributed by atoms with van der Waals surface area (Å²) in [4.78, 5) is 16.3. The van der Waals surface area contributed by atoms with Crippen molar-refractivity contribution in [2.24, 2.45) is 0 Å². The standard InChI is InChI=1S/C20H21FN4O2/c1-2-14(13-26)23-10-11-24(20(23)27)17-8-5-9-18-15(17)12-22-25(18)19-7-4-3-6-16(19)21/h3-9,12,14,26H,2,10-11,13H2,1H3/t14-/m0/s1. The summed E-state index contributed by atoms with van der Waals surface area (Å²) in [5, 5.41) is 14.7. The fourth-order valence-electron chi connectivity index (χ4n) is 3.65. The maximum absolute atomic E-state index is 14.2. The van der Waals surface area contributed by atoms with Crippen LogP contribution in [0.2, 0.25) is 0 Å². The van der Waals surface area contributed by atoms with Crippen LogP contribution in [-0.4, -0.2) is 51.6 Å². The average Bonchev–Trinajstić information content (AvgIpc) is 3.28. The van der Waals surface area contributed by atoms with Crippen molar-refractivity contribution in [3.63, 3.8) is 0 Å². The minimum absolute atomic E-state index is 0.0501. The molecule has 1 N–H and O–H groups in total. The van der Waals surface area contributed by atoms with Gasteiger partial charge in [0.15, 0.2) is 0 Å². The van der Waals surface area contributed by atoms with E-state index in [9.17, 15) is 14.3 Å². The molecule has 0 unspecified atom stereocenters. The molecule has 1 aliphatic heterocycles.